The maximum atomic E-state index is 7.97. The number of aromatic nitrogens is 1. The summed E-state index contributed by atoms with van der Waals surface area (Å²) in [5.41, 5.74) is 0.891. The third kappa shape index (κ3) is 1.82. The standard InChI is InChI=1S/C12H14N2O2S/c1-4-7-14-10-8(15-2)5-6-9(16-3)11(10)17-12(14)13/h4-6,13H,1,7H2,2-3H3. The Morgan fingerprint density at radius 1 is 1.35 bits per heavy atom. The van der Waals surface area contributed by atoms with Crippen molar-refractivity contribution in [3.05, 3.63) is 29.6 Å². The van der Waals surface area contributed by atoms with E-state index in [1.165, 1.54) is 11.3 Å². The predicted molar refractivity (Wildman–Crippen MR) is 69.0 cm³/mol. The molecule has 17 heavy (non-hydrogen) atoms. The number of rotatable bonds is 4. The zero-order valence-corrected chi connectivity index (χ0v) is 10.6. The number of fused-ring (bicyclic) bond motifs is 1. The lowest BCUT2D eigenvalue weighted by Gasteiger charge is -2.08. The minimum atomic E-state index is 0.461. The zero-order valence-electron chi connectivity index (χ0n) is 9.82. The van der Waals surface area contributed by atoms with E-state index in [1.807, 2.05) is 16.7 Å². The second-order valence-electron chi connectivity index (χ2n) is 3.45. The SMILES string of the molecule is C=CCn1c(=N)sc2c(OC)ccc(OC)c21. The average molecular weight is 250 g/mol. The van der Waals surface area contributed by atoms with E-state index >= 15 is 0 Å². The first kappa shape index (κ1) is 11.7. The molecule has 1 aromatic carbocycles. The van der Waals surface area contributed by atoms with Crippen molar-refractivity contribution in [1.82, 2.24) is 4.57 Å². The molecule has 0 spiro atoms. The van der Waals surface area contributed by atoms with Gasteiger partial charge in [0.25, 0.3) is 0 Å². The molecular formula is C12H14N2O2S. The van der Waals surface area contributed by atoms with Crippen LogP contribution in [0.2, 0.25) is 0 Å². The quantitative estimate of drug-likeness (QED) is 0.847. The van der Waals surface area contributed by atoms with Gasteiger partial charge < -0.3 is 14.0 Å². The van der Waals surface area contributed by atoms with Crippen LogP contribution >= 0.6 is 11.3 Å². The number of thiazole rings is 1. The maximum Gasteiger partial charge on any atom is 0.183 e. The van der Waals surface area contributed by atoms with Crippen molar-refractivity contribution in [2.75, 3.05) is 14.2 Å². The van der Waals surface area contributed by atoms with Gasteiger partial charge in [-0.3, -0.25) is 5.41 Å². The number of hydrogen-bond donors (Lipinski definition) is 1. The molecule has 5 heteroatoms. The minimum absolute atomic E-state index is 0.461. The van der Waals surface area contributed by atoms with Crippen molar-refractivity contribution in [2.24, 2.45) is 0 Å². The second kappa shape index (κ2) is 4.63. The summed E-state index contributed by atoms with van der Waals surface area (Å²) < 4.78 is 13.4. The van der Waals surface area contributed by atoms with Crippen LogP contribution in [0, 0.1) is 5.41 Å². The van der Waals surface area contributed by atoms with Crippen LogP contribution in [0.3, 0.4) is 0 Å². The smallest absolute Gasteiger partial charge is 0.183 e. The van der Waals surface area contributed by atoms with Crippen LogP contribution in [-0.4, -0.2) is 18.8 Å². The number of hydrogen-bond acceptors (Lipinski definition) is 4. The Morgan fingerprint density at radius 3 is 2.59 bits per heavy atom. The van der Waals surface area contributed by atoms with Gasteiger partial charge in [-0.1, -0.05) is 17.4 Å². The second-order valence-corrected chi connectivity index (χ2v) is 4.45. The highest BCUT2D eigenvalue weighted by Crippen LogP contribution is 2.34. The van der Waals surface area contributed by atoms with E-state index in [2.05, 4.69) is 6.58 Å². The number of methoxy groups -OCH3 is 2. The molecule has 0 bridgehead atoms. The number of ether oxygens (including phenoxy) is 2. The first-order valence-corrected chi connectivity index (χ1v) is 5.94. The summed E-state index contributed by atoms with van der Waals surface area (Å²) in [5.74, 6) is 1.51. The summed E-state index contributed by atoms with van der Waals surface area (Å²) >= 11 is 1.38. The molecule has 90 valence electrons. The van der Waals surface area contributed by atoms with E-state index in [0.29, 0.717) is 11.3 Å². The number of allylic oxidation sites excluding steroid dienone is 1. The molecule has 2 rings (SSSR count). The summed E-state index contributed by atoms with van der Waals surface area (Å²) in [4.78, 5) is 0.461. The van der Waals surface area contributed by atoms with Crippen molar-refractivity contribution in [2.45, 2.75) is 6.54 Å². The van der Waals surface area contributed by atoms with Gasteiger partial charge in [-0.2, -0.15) is 0 Å². The molecule has 1 heterocycles. The zero-order chi connectivity index (χ0) is 12.4. The molecule has 1 aromatic heterocycles. The highest BCUT2D eigenvalue weighted by molar-refractivity contribution is 7.16. The molecule has 1 N–H and O–H groups in total. The van der Waals surface area contributed by atoms with Crippen molar-refractivity contribution in [3.8, 4) is 11.5 Å². The highest BCUT2D eigenvalue weighted by Gasteiger charge is 2.14. The van der Waals surface area contributed by atoms with Crippen LogP contribution in [0.5, 0.6) is 11.5 Å². The van der Waals surface area contributed by atoms with Gasteiger partial charge in [0.2, 0.25) is 0 Å². The normalized spacial score (nSPS) is 10.5. The summed E-state index contributed by atoms with van der Waals surface area (Å²) in [6, 6.07) is 3.71. The Kier molecular flexibility index (Phi) is 3.19. The van der Waals surface area contributed by atoms with E-state index in [1.54, 1.807) is 20.3 Å². The Labute approximate surface area is 103 Å². The summed E-state index contributed by atoms with van der Waals surface area (Å²) in [6.07, 6.45) is 1.77. The van der Waals surface area contributed by atoms with E-state index in [9.17, 15) is 0 Å². The van der Waals surface area contributed by atoms with E-state index in [-0.39, 0.29) is 0 Å². The molecule has 0 saturated heterocycles. The topological polar surface area (TPSA) is 47.2 Å². The molecule has 0 atom stereocenters. The Hall–Kier alpha value is -1.75. The van der Waals surface area contributed by atoms with Crippen LogP contribution in [-0.2, 0) is 6.54 Å². The number of nitrogens with zero attached hydrogens (tertiary/aromatic N) is 1. The molecule has 2 aromatic rings. The average Bonchev–Trinajstić information content (AvgIpc) is 2.66. The fourth-order valence-corrected chi connectivity index (χ4v) is 2.80. The molecule has 4 nitrogen and oxygen atoms in total. The molecule has 0 aliphatic heterocycles. The van der Waals surface area contributed by atoms with Crippen molar-refractivity contribution in [1.29, 1.82) is 5.41 Å². The largest absolute Gasteiger partial charge is 0.495 e. The first-order valence-electron chi connectivity index (χ1n) is 5.12. The Balaban J connectivity index is 2.86. The highest BCUT2D eigenvalue weighted by atomic mass is 32.1. The number of benzene rings is 1. The third-order valence-corrected chi connectivity index (χ3v) is 3.54. The fourth-order valence-electron chi connectivity index (χ4n) is 1.77. The maximum absolute atomic E-state index is 7.97. The van der Waals surface area contributed by atoms with Crippen molar-refractivity contribution in [3.63, 3.8) is 0 Å². The van der Waals surface area contributed by atoms with Gasteiger partial charge in [0.05, 0.1) is 14.2 Å². The van der Waals surface area contributed by atoms with Gasteiger partial charge in [0.15, 0.2) is 4.80 Å². The number of nitrogens with one attached hydrogen (secondary N) is 1. The van der Waals surface area contributed by atoms with E-state index < -0.39 is 0 Å². The van der Waals surface area contributed by atoms with Gasteiger partial charge in [-0.05, 0) is 12.1 Å². The summed E-state index contributed by atoms with van der Waals surface area (Å²) in [7, 11) is 3.25. The predicted octanol–water partition coefficient (Wildman–Crippen LogP) is 2.39. The lowest BCUT2D eigenvalue weighted by Crippen LogP contribution is -2.11. The molecule has 0 aliphatic carbocycles. The lowest BCUT2D eigenvalue weighted by molar-refractivity contribution is 0.409. The van der Waals surface area contributed by atoms with Crippen molar-refractivity contribution >= 4 is 21.6 Å². The molecular weight excluding hydrogens is 236 g/mol. The molecule has 0 aliphatic rings. The first-order chi connectivity index (χ1) is 8.22. The van der Waals surface area contributed by atoms with Crippen LogP contribution in [0.4, 0.5) is 0 Å². The van der Waals surface area contributed by atoms with E-state index in [4.69, 9.17) is 14.9 Å². The molecule has 0 unspecified atom stereocenters. The fraction of sp³-hybridized carbons (Fsp3) is 0.250. The monoisotopic (exact) mass is 250 g/mol. The summed E-state index contributed by atoms with van der Waals surface area (Å²) in [6.45, 7) is 4.30. The molecule has 0 fully saturated rings. The van der Waals surface area contributed by atoms with Gasteiger partial charge >= 0.3 is 0 Å². The Bertz CT molecular complexity index is 613. The third-order valence-electron chi connectivity index (χ3n) is 2.52. The molecule has 0 radical (unpaired) electrons. The van der Waals surface area contributed by atoms with Gasteiger partial charge in [-0.15, -0.1) is 6.58 Å². The van der Waals surface area contributed by atoms with Crippen LogP contribution in [0.15, 0.2) is 24.8 Å². The van der Waals surface area contributed by atoms with Crippen LogP contribution in [0.1, 0.15) is 0 Å². The van der Waals surface area contributed by atoms with E-state index in [0.717, 1.165) is 21.7 Å². The van der Waals surface area contributed by atoms with Gasteiger partial charge in [0, 0.05) is 6.54 Å². The van der Waals surface area contributed by atoms with Crippen LogP contribution in [0.25, 0.3) is 10.2 Å². The van der Waals surface area contributed by atoms with Crippen LogP contribution < -0.4 is 14.3 Å². The lowest BCUT2D eigenvalue weighted by atomic mass is 10.3. The van der Waals surface area contributed by atoms with Gasteiger partial charge in [-0.25, -0.2) is 0 Å². The van der Waals surface area contributed by atoms with Crippen molar-refractivity contribution < 1.29 is 9.47 Å². The molecule has 0 amide bonds. The summed E-state index contributed by atoms with van der Waals surface area (Å²) in [5, 5.41) is 7.97. The molecule has 0 saturated carbocycles. The Morgan fingerprint density at radius 2 is 2.00 bits per heavy atom. The van der Waals surface area contributed by atoms with Gasteiger partial charge in [0.1, 0.15) is 21.7 Å². The minimum Gasteiger partial charge on any atom is -0.495 e.